The van der Waals surface area contributed by atoms with Gasteiger partial charge in [-0.15, -0.1) is 11.3 Å². The molecule has 1 unspecified atom stereocenters. The largest absolute Gasteiger partial charge is 0.516 e. The Bertz CT molecular complexity index is 1700. The van der Waals surface area contributed by atoms with Gasteiger partial charge in [-0.2, -0.15) is 0 Å². The van der Waals surface area contributed by atoms with E-state index in [4.69, 9.17) is 14.2 Å². The van der Waals surface area contributed by atoms with Crippen molar-refractivity contribution in [1.29, 1.82) is 0 Å². The van der Waals surface area contributed by atoms with Crippen molar-refractivity contribution in [2.75, 3.05) is 6.26 Å². The Morgan fingerprint density at radius 3 is 2.39 bits per heavy atom. The Morgan fingerprint density at radius 2 is 1.78 bits per heavy atom. The van der Waals surface area contributed by atoms with Gasteiger partial charge in [-0.25, -0.2) is 23.0 Å². The molecule has 1 fully saturated rings. The van der Waals surface area contributed by atoms with Crippen molar-refractivity contribution >= 4 is 49.6 Å². The van der Waals surface area contributed by atoms with Gasteiger partial charge in [-0.3, -0.25) is 9.20 Å². The summed E-state index contributed by atoms with van der Waals surface area (Å²) in [6.45, 7) is 8.37. The van der Waals surface area contributed by atoms with Crippen molar-refractivity contribution in [2.45, 2.75) is 58.1 Å². The number of carbonyl (C=O) groups excluding carboxylic acids is 3. The van der Waals surface area contributed by atoms with Crippen LogP contribution in [0.4, 0.5) is 4.79 Å². The molecule has 218 valence electrons. The highest BCUT2D eigenvalue weighted by atomic mass is 32.2. The molecule has 1 N–H and O–H groups in total. The van der Waals surface area contributed by atoms with Crippen molar-refractivity contribution in [3.05, 3.63) is 52.4 Å². The molecule has 2 aliphatic heterocycles. The highest BCUT2D eigenvalue weighted by Crippen LogP contribution is 2.52. The molecule has 2 aliphatic rings. The van der Waals surface area contributed by atoms with E-state index in [1.807, 2.05) is 26.8 Å². The lowest BCUT2D eigenvalue weighted by Crippen LogP contribution is -2.63. The monoisotopic (exact) mass is 603 g/mol. The molecule has 14 heteroatoms. The first-order valence-corrected chi connectivity index (χ1v) is 15.5. The smallest absolute Gasteiger partial charge is 0.421 e. The maximum absolute atomic E-state index is 13.5. The number of rotatable bonds is 7. The fourth-order valence-electron chi connectivity index (χ4n) is 5.52. The van der Waals surface area contributed by atoms with Crippen LogP contribution in [0.2, 0.25) is 0 Å². The summed E-state index contributed by atoms with van der Waals surface area (Å²) < 4.78 is 41.8. The number of hydrogen-bond acceptors (Lipinski definition) is 11. The van der Waals surface area contributed by atoms with Crippen molar-refractivity contribution in [1.82, 2.24) is 14.3 Å². The van der Waals surface area contributed by atoms with Gasteiger partial charge in [0.05, 0.1) is 22.9 Å². The molecule has 5 atom stereocenters. The first kappa shape index (κ1) is 28.8. The minimum atomic E-state index is -3.62. The van der Waals surface area contributed by atoms with Crippen molar-refractivity contribution in [3.8, 4) is 5.75 Å². The number of nitrogens with zero attached hydrogens (tertiary/aromatic N) is 3. The molecule has 12 nitrogen and oxygen atoms in total. The van der Waals surface area contributed by atoms with Crippen LogP contribution < -0.4 is 4.74 Å². The molecular weight excluding hydrogens is 574 g/mol. The van der Waals surface area contributed by atoms with Crippen molar-refractivity contribution in [2.24, 2.45) is 11.8 Å². The normalized spacial score (nSPS) is 21.9. The number of β-lactam (4-membered cyclic amide) rings is 1. The molecule has 1 aromatic carbocycles. The van der Waals surface area contributed by atoms with Crippen LogP contribution in [0.25, 0.3) is 10.4 Å². The minimum Gasteiger partial charge on any atom is -0.421 e. The van der Waals surface area contributed by atoms with Gasteiger partial charge in [0.2, 0.25) is 12.2 Å². The highest BCUT2D eigenvalue weighted by molar-refractivity contribution is 7.91. The van der Waals surface area contributed by atoms with Gasteiger partial charge in [0.1, 0.15) is 22.6 Å². The van der Waals surface area contributed by atoms with Crippen LogP contribution in [0.3, 0.4) is 0 Å². The summed E-state index contributed by atoms with van der Waals surface area (Å²) in [4.78, 5) is 45.1. The van der Waals surface area contributed by atoms with Crippen molar-refractivity contribution in [3.63, 3.8) is 0 Å². The molecule has 0 saturated carbocycles. The van der Waals surface area contributed by atoms with Crippen LogP contribution in [-0.4, -0.2) is 70.5 Å². The van der Waals surface area contributed by atoms with E-state index in [-0.39, 0.29) is 16.5 Å². The number of carbonyl (C=O) groups is 3. The number of esters is 1. The number of fused-ring (bicyclic) bond motifs is 2. The number of imidazole rings is 1. The van der Waals surface area contributed by atoms with Gasteiger partial charge in [-0.05, 0) is 44.0 Å². The zero-order chi connectivity index (χ0) is 30.0. The molecule has 41 heavy (non-hydrogen) atoms. The maximum atomic E-state index is 13.5. The molecule has 1 amide bonds. The van der Waals surface area contributed by atoms with Crippen LogP contribution in [0.15, 0.2) is 41.4 Å². The second-order valence-electron chi connectivity index (χ2n) is 10.4. The molecule has 0 aliphatic carbocycles. The van der Waals surface area contributed by atoms with Gasteiger partial charge in [0.15, 0.2) is 14.9 Å². The Kier molecular flexibility index (Phi) is 7.20. The van der Waals surface area contributed by atoms with E-state index in [2.05, 4.69) is 4.98 Å². The quantitative estimate of drug-likeness (QED) is 0.184. The molecule has 2 aromatic heterocycles. The van der Waals surface area contributed by atoms with E-state index in [0.29, 0.717) is 15.3 Å². The zero-order valence-electron chi connectivity index (χ0n) is 23.1. The molecule has 0 bridgehead atoms. The number of ether oxygens (including phenoxy) is 3. The molecule has 0 radical (unpaired) electrons. The van der Waals surface area contributed by atoms with E-state index in [1.165, 1.54) is 29.5 Å². The van der Waals surface area contributed by atoms with Crippen LogP contribution in [0, 0.1) is 25.7 Å². The van der Waals surface area contributed by atoms with E-state index in [1.54, 1.807) is 18.3 Å². The van der Waals surface area contributed by atoms with E-state index >= 15 is 0 Å². The second kappa shape index (κ2) is 10.3. The molecule has 4 heterocycles. The third-order valence-electron chi connectivity index (χ3n) is 7.09. The number of aliphatic hydroxyl groups excluding tert-OH is 1. The number of benzene rings is 1. The Balaban J connectivity index is 1.44. The number of sulfone groups is 1. The molecule has 5 rings (SSSR count). The predicted octanol–water partition coefficient (Wildman–Crippen LogP) is 3.09. The number of thiazole rings is 1. The van der Waals surface area contributed by atoms with Crippen LogP contribution >= 0.6 is 11.3 Å². The predicted molar refractivity (Wildman–Crippen MR) is 147 cm³/mol. The summed E-state index contributed by atoms with van der Waals surface area (Å²) in [5.74, 6) is -2.22. The average Bonchev–Trinajstić information content (AvgIpc) is 3.47. The molecular formula is C27H29N3O9S2. The third-order valence-corrected chi connectivity index (χ3v) is 9.37. The Morgan fingerprint density at radius 1 is 1.12 bits per heavy atom. The van der Waals surface area contributed by atoms with Gasteiger partial charge in [-0.1, -0.05) is 13.0 Å². The zero-order valence-corrected chi connectivity index (χ0v) is 24.8. The number of aromatic nitrogens is 2. The standard InChI is InChI=1S/C27H29N3O9S2/c1-12-7-13(2)9-17(8-12)39-27(34)38-16(5)37-26(33)22-19(14(3)21-20(15(4)31)24(32)30(21)22)18-10-29-11-28-23(25(29)40-18)41(6,35)36/h7-11,14-16,20-21,31H,1-6H3/t14-,15+,16?,20+,21+/m0/s1. The molecule has 3 aromatic rings. The SMILES string of the molecule is Cc1cc(C)cc(OC(=O)OC(C)OC(=O)C2=C(c3cn4cnc(S(C)(=O)=O)c4s3)[C@H](C)[C@@H]3[C@@H]([C@@H](C)O)C(=O)N23)c1. The summed E-state index contributed by atoms with van der Waals surface area (Å²) >= 11 is 1.11. The summed E-state index contributed by atoms with van der Waals surface area (Å²) in [5, 5.41) is 10.2. The lowest BCUT2D eigenvalue weighted by atomic mass is 9.77. The van der Waals surface area contributed by atoms with Gasteiger partial charge >= 0.3 is 12.1 Å². The third kappa shape index (κ3) is 5.11. The lowest BCUT2D eigenvalue weighted by Gasteiger charge is -2.46. The lowest BCUT2D eigenvalue weighted by molar-refractivity contribution is -0.172. The van der Waals surface area contributed by atoms with E-state index < -0.39 is 58.1 Å². The van der Waals surface area contributed by atoms with Crippen LogP contribution in [0.5, 0.6) is 5.75 Å². The second-order valence-corrected chi connectivity index (χ2v) is 13.4. The summed E-state index contributed by atoms with van der Waals surface area (Å²) in [5.41, 5.74) is 2.17. The summed E-state index contributed by atoms with van der Waals surface area (Å²) in [7, 11) is -3.62. The number of aliphatic hydroxyl groups is 1. The van der Waals surface area contributed by atoms with Crippen LogP contribution in [-0.2, 0) is 28.9 Å². The topological polar surface area (TPSA) is 154 Å². The molecule has 1 saturated heterocycles. The maximum Gasteiger partial charge on any atom is 0.516 e. The Hall–Kier alpha value is -3.75. The summed E-state index contributed by atoms with van der Waals surface area (Å²) in [6.07, 6.45) is 0.651. The Labute approximate surface area is 240 Å². The van der Waals surface area contributed by atoms with E-state index in [9.17, 15) is 27.9 Å². The van der Waals surface area contributed by atoms with Gasteiger partial charge in [0.25, 0.3) is 0 Å². The van der Waals surface area contributed by atoms with Crippen molar-refractivity contribution < 1.29 is 42.1 Å². The fourth-order valence-corrected chi connectivity index (χ4v) is 7.87. The first-order valence-electron chi connectivity index (χ1n) is 12.8. The van der Waals surface area contributed by atoms with E-state index in [0.717, 1.165) is 28.7 Å². The highest BCUT2D eigenvalue weighted by Gasteiger charge is 2.60. The number of hydrogen-bond donors (Lipinski definition) is 1. The fraction of sp³-hybridized carbons (Fsp3) is 0.407. The summed E-state index contributed by atoms with van der Waals surface area (Å²) in [6, 6.07) is 4.71. The number of amides is 1. The number of aryl methyl sites for hydroxylation is 2. The first-order chi connectivity index (χ1) is 19.2. The van der Waals surface area contributed by atoms with Gasteiger partial charge < -0.3 is 24.2 Å². The van der Waals surface area contributed by atoms with Crippen LogP contribution in [0.1, 0.15) is 36.8 Å². The average molecular weight is 604 g/mol. The van der Waals surface area contributed by atoms with Gasteiger partial charge in [0, 0.05) is 30.9 Å². The molecule has 0 spiro atoms. The minimum absolute atomic E-state index is 0.0547.